The molecule has 1 aliphatic carbocycles. The van der Waals surface area contributed by atoms with Crippen LogP contribution in [0.15, 0.2) is 18.2 Å². The Morgan fingerprint density at radius 2 is 1.94 bits per heavy atom. The maximum absolute atomic E-state index is 13.4. The molecule has 0 bridgehead atoms. The molecule has 0 heterocycles. The topological polar surface area (TPSA) is 43.4 Å². The van der Waals surface area contributed by atoms with Crippen LogP contribution in [0, 0.1) is 17.0 Å². The molecule has 2 rings (SSSR count). The number of halogens is 2. The van der Waals surface area contributed by atoms with Gasteiger partial charge in [0.15, 0.2) is 5.78 Å². The van der Waals surface area contributed by atoms with E-state index < -0.39 is 28.8 Å². The molecule has 0 unspecified atom stereocenters. The van der Waals surface area contributed by atoms with Crippen LogP contribution in [0.1, 0.15) is 23.2 Å². The van der Waals surface area contributed by atoms with E-state index in [0.717, 1.165) is 12.1 Å². The van der Waals surface area contributed by atoms with E-state index in [0.29, 0.717) is 18.9 Å². The molecule has 1 aromatic carbocycles. The summed E-state index contributed by atoms with van der Waals surface area (Å²) in [5, 5.41) is 0. The second-order valence-electron chi connectivity index (χ2n) is 4.03. The van der Waals surface area contributed by atoms with Gasteiger partial charge in [-0.05, 0) is 25.0 Å². The third-order valence-electron chi connectivity index (χ3n) is 2.94. The maximum Gasteiger partial charge on any atom is 0.319 e. The Kier molecular flexibility index (Phi) is 2.69. The van der Waals surface area contributed by atoms with Crippen molar-refractivity contribution in [1.29, 1.82) is 0 Å². The Morgan fingerprint density at radius 3 is 2.41 bits per heavy atom. The molecule has 5 heteroatoms. The number of methoxy groups -OCH3 is 1. The van der Waals surface area contributed by atoms with Gasteiger partial charge < -0.3 is 4.74 Å². The molecule has 0 radical (unpaired) electrons. The van der Waals surface area contributed by atoms with E-state index >= 15 is 0 Å². The van der Waals surface area contributed by atoms with Crippen molar-refractivity contribution in [3.8, 4) is 0 Å². The van der Waals surface area contributed by atoms with Gasteiger partial charge in [0.2, 0.25) is 0 Å². The molecule has 0 amide bonds. The Labute approximate surface area is 96.4 Å². The van der Waals surface area contributed by atoms with Crippen LogP contribution in [0.5, 0.6) is 0 Å². The molecule has 1 fully saturated rings. The van der Waals surface area contributed by atoms with Crippen molar-refractivity contribution >= 4 is 11.8 Å². The lowest BCUT2D eigenvalue weighted by molar-refractivity contribution is -0.145. The molecule has 0 aromatic heterocycles. The monoisotopic (exact) mass is 240 g/mol. The zero-order chi connectivity index (χ0) is 12.6. The lowest BCUT2D eigenvalue weighted by Gasteiger charge is -2.11. The number of ether oxygens (including phenoxy) is 1. The van der Waals surface area contributed by atoms with Crippen molar-refractivity contribution in [3.63, 3.8) is 0 Å². The number of hydrogen-bond acceptors (Lipinski definition) is 3. The minimum Gasteiger partial charge on any atom is -0.468 e. The number of carbonyl (C=O) groups is 2. The molecule has 0 spiro atoms. The van der Waals surface area contributed by atoms with Crippen molar-refractivity contribution < 1.29 is 23.1 Å². The molecular weight excluding hydrogens is 230 g/mol. The lowest BCUT2D eigenvalue weighted by atomic mass is 9.94. The Bertz CT molecular complexity index is 493. The van der Waals surface area contributed by atoms with E-state index in [4.69, 9.17) is 0 Å². The molecule has 17 heavy (non-hydrogen) atoms. The van der Waals surface area contributed by atoms with Gasteiger partial charge in [0.25, 0.3) is 0 Å². The number of rotatable bonds is 3. The average molecular weight is 240 g/mol. The number of ketones is 1. The summed E-state index contributed by atoms with van der Waals surface area (Å²) in [5.41, 5.74) is -1.53. The van der Waals surface area contributed by atoms with Gasteiger partial charge >= 0.3 is 5.97 Å². The van der Waals surface area contributed by atoms with E-state index in [-0.39, 0.29) is 5.56 Å². The van der Waals surface area contributed by atoms with Crippen molar-refractivity contribution in [2.75, 3.05) is 7.11 Å². The van der Waals surface area contributed by atoms with Crippen LogP contribution in [0.25, 0.3) is 0 Å². The van der Waals surface area contributed by atoms with Gasteiger partial charge in [-0.15, -0.1) is 0 Å². The molecule has 0 aliphatic heterocycles. The molecule has 3 nitrogen and oxygen atoms in total. The van der Waals surface area contributed by atoms with E-state index in [1.165, 1.54) is 7.11 Å². The van der Waals surface area contributed by atoms with Crippen molar-refractivity contribution in [2.24, 2.45) is 5.41 Å². The summed E-state index contributed by atoms with van der Waals surface area (Å²) in [6.07, 6.45) is 0.685. The minimum atomic E-state index is -1.26. The molecule has 1 aliphatic rings. The van der Waals surface area contributed by atoms with Crippen LogP contribution in [0.2, 0.25) is 0 Å². The van der Waals surface area contributed by atoms with Gasteiger partial charge in [0, 0.05) is 6.07 Å². The highest BCUT2D eigenvalue weighted by Gasteiger charge is 2.58. The zero-order valence-corrected chi connectivity index (χ0v) is 9.13. The molecule has 0 N–H and O–H groups in total. The Balaban J connectivity index is 2.35. The highest BCUT2D eigenvalue weighted by Crippen LogP contribution is 2.49. The predicted octanol–water partition coefficient (Wildman–Crippen LogP) is 2.10. The quantitative estimate of drug-likeness (QED) is 0.461. The van der Waals surface area contributed by atoms with Gasteiger partial charge in [-0.1, -0.05) is 0 Å². The van der Waals surface area contributed by atoms with Crippen LogP contribution in [-0.4, -0.2) is 18.9 Å². The summed E-state index contributed by atoms with van der Waals surface area (Å²) in [5.74, 6) is -3.01. The third kappa shape index (κ3) is 1.81. The fourth-order valence-corrected chi connectivity index (χ4v) is 1.78. The highest BCUT2D eigenvalue weighted by atomic mass is 19.1. The number of esters is 1. The van der Waals surface area contributed by atoms with E-state index in [9.17, 15) is 18.4 Å². The number of hydrogen-bond donors (Lipinski definition) is 0. The summed E-state index contributed by atoms with van der Waals surface area (Å²) in [6.45, 7) is 0. The van der Waals surface area contributed by atoms with Gasteiger partial charge in [-0.2, -0.15) is 0 Å². The first-order valence-corrected chi connectivity index (χ1v) is 5.09. The molecule has 1 saturated carbocycles. The third-order valence-corrected chi connectivity index (χ3v) is 2.94. The first-order chi connectivity index (χ1) is 8.01. The summed E-state index contributed by atoms with van der Waals surface area (Å²) < 4.78 is 30.6. The molecule has 90 valence electrons. The number of benzene rings is 1. The van der Waals surface area contributed by atoms with Gasteiger partial charge in [0.1, 0.15) is 17.0 Å². The molecular formula is C12H10F2O3. The first-order valence-electron chi connectivity index (χ1n) is 5.09. The molecule has 0 saturated heterocycles. The second kappa shape index (κ2) is 3.91. The number of carbonyl (C=O) groups excluding carboxylic acids is 2. The SMILES string of the molecule is COC(=O)C1(C(=O)c2ccc(F)cc2F)CC1. The maximum atomic E-state index is 13.4. The Hall–Kier alpha value is -1.78. The van der Waals surface area contributed by atoms with E-state index in [2.05, 4.69) is 4.74 Å². The van der Waals surface area contributed by atoms with Crippen molar-refractivity contribution in [2.45, 2.75) is 12.8 Å². The zero-order valence-electron chi connectivity index (χ0n) is 9.13. The van der Waals surface area contributed by atoms with Crippen LogP contribution in [0.4, 0.5) is 8.78 Å². The van der Waals surface area contributed by atoms with Crippen molar-refractivity contribution in [3.05, 3.63) is 35.4 Å². The first kappa shape index (κ1) is 11.7. The molecule has 1 aromatic rings. The van der Waals surface area contributed by atoms with Gasteiger partial charge in [-0.3, -0.25) is 9.59 Å². The smallest absolute Gasteiger partial charge is 0.319 e. The summed E-state index contributed by atoms with van der Waals surface area (Å²) in [6, 6.07) is 2.67. The van der Waals surface area contributed by atoms with E-state index in [1.807, 2.05) is 0 Å². The molecule has 0 atom stereocenters. The largest absolute Gasteiger partial charge is 0.468 e. The lowest BCUT2D eigenvalue weighted by Crippen LogP contribution is -2.27. The van der Waals surface area contributed by atoms with Crippen LogP contribution in [0.3, 0.4) is 0 Å². The van der Waals surface area contributed by atoms with Crippen LogP contribution < -0.4 is 0 Å². The van der Waals surface area contributed by atoms with Gasteiger partial charge in [-0.25, -0.2) is 8.78 Å². The van der Waals surface area contributed by atoms with Crippen LogP contribution in [-0.2, 0) is 9.53 Å². The van der Waals surface area contributed by atoms with Crippen LogP contribution >= 0.6 is 0 Å². The van der Waals surface area contributed by atoms with Crippen molar-refractivity contribution in [1.82, 2.24) is 0 Å². The number of Topliss-reactive ketones (excluding diaryl/α,β-unsaturated/α-hetero) is 1. The Morgan fingerprint density at radius 1 is 1.29 bits per heavy atom. The fraction of sp³-hybridized carbons (Fsp3) is 0.333. The predicted molar refractivity (Wildman–Crippen MR) is 54.4 cm³/mol. The summed E-state index contributed by atoms with van der Waals surface area (Å²) in [4.78, 5) is 23.4. The summed E-state index contributed by atoms with van der Waals surface area (Å²) >= 11 is 0. The minimum absolute atomic E-state index is 0.269. The standard InChI is InChI=1S/C12H10F2O3/c1-17-11(16)12(4-5-12)10(15)8-3-2-7(13)6-9(8)14/h2-3,6H,4-5H2,1H3. The average Bonchev–Trinajstić information content (AvgIpc) is 3.08. The second-order valence-corrected chi connectivity index (χ2v) is 4.03. The summed E-state index contributed by atoms with van der Waals surface area (Å²) in [7, 11) is 1.18. The highest BCUT2D eigenvalue weighted by molar-refractivity contribution is 6.14. The normalized spacial score (nSPS) is 16.4. The van der Waals surface area contributed by atoms with E-state index in [1.54, 1.807) is 0 Å². The van der Waals surface area contributed by atoms with Gasteiger partial charge in [0.05, 0.1) is 12.7 Å². The fourth-order valence-electron chi connectivity index (χ4n) is 1.78.